The number of carbonyl (C=O) groups is 1. The van der Waals surface area contributed by atoms with E-state index in [9.17, 15) is 13.2 Å². The number of rotatable bonds is 9. The fourth-order valence-electron chi connectivity index (χ4n) is 3.05. The van der Waals surface area contributed by atoms with Crippen molar-refractivity contribution >= 4 is 27.3 Å². The SMILES string of the molecule is COc1ccc(OC)c(S(=O)(=O)Nc2cc(OC)c(NC(=O)c3ccccc3)cc2OC)c1. The average molecular weight is 473 g/mol. The molecule has 0 aliphatic carbocycles. The number of methoxy groups -OCH3 is 4. The molecule has 0 bridgehead atoms. The second kappa shape index (κ2) is 10.1. The van der Waals surface area contributed by atoms with Gasteiger partial charge in [0.25, 0.3) is 15.9 Å². The minimum atomic E-state index is -4.10. The molecule has 3 rings (SSSR count). The molecule has 0 radical (unpaired) electrons. The summed E-state index contributed by atoms with van der Waals surface area (Å²) in [5, 5.41) is 2.75. The molecular formula is C23H24N2O7S. The smallest absolute Gasteiger partial charge is 0.265 e. The number of ether oxygens (including phenoxy) is 4. The Bertz CT molecular complexity index is 1250. The zero-order chi connectivity index (χ0) is 24.0. The summed E-state index contributed by atoms with van der Waals surface area (Å²) in [5.41, 5.74) is 0.871. The third kappa shape index (κ3) is 5.29. The summed E-state index contributed by atoms with van der Waals surface area (Å²) in [4.78, 5) is 12.4. The van der Waals surface area contributed by atoms with Crippen molar-refractivity contribution < 1.29 is 32.2 Å². The van der Waals surface area contributed by atoms with E-state index in [1.807, 2.05) is 0 Å². The third-order valence-electron chi connectivity index (χ3n) is 4.71. The third-order valence-corrected chi connectivity index (χ3v) is 6.10. The molecule has 0 unspecified atom stereocenters. The molecule has 0 heterocycles. The van der Waals surface area contributed by atoms with Gasteiger partial charge in [-0.2, -0.15) is 0 Å². The van der Waals surface area contributed by atoms with E-state index in [1.165, 1.54) is 52.7 Å². The van der Waals surface area contributed by atoms with E-state index in [4.69, 9.17) is 18.9 Å². The molecule has 9 nitrogen and oxygen atoms in total. The van der Waals surface area contributed by atoms with Crippen molar-refractivity contribution in [2.24, 2.45) is 0 Å². The Kier molecular flexibility index (Phi) is 7.29. The largest absolute Gasteiger partial charge is 0.497 e. The van der Waals surface area contributed by atoms with Gasteiger partial charge in [0.05, 0.1) is 39.8 Å². The zero-order valence-electron chi connectivity index (χ0n) is 18.5. The number of hydrogen-bond donors (Lipinski definition) is 2. The molecule has 0 saturated carbocycles. The van der Waals surface area contributed by atoms with Crippen LogP contribution in [-0.4, -0.2) is 42.8 Å². The number of benzene rings is 3. The van der Waals surface area contributed by atoms with Crippen LogP contribution in [0, 0.1) is 0 Å². The predicted octanol–water partition coefficient (Wildman–Crippen LogP) is 3.77. The normalized spacial score (nSPS) is 10.8. The molecule has 0 atom stereocenters. The lowest BCUT2D eigenvalue weighted by molar-refractivity contribution is 0.102. The van der Waals surface area contributed by atoms with Gasteiger partial charge in [0.1, 0.15) is 27.9 Å². The number of nitrogens with one attached hydrogen (secondary N) is 2. The van der Waals surface area contributed by atoms with E-state index in [0.717, 1.165) is 0 Å². The number of hydrogen-bond acceptors (Lipinski definition) is 7. The monoisotopic (exact) mass is 472 g/mol. The summed E-state index contributed by atoms with van der Waals surface area (Å²) in [6, 6.07) is 16.0. The molecule has 3 aromatic rings. The lowest BCUT2D eigenvalue weighted by atomic mass is 10.2. The van der Waals surface area contributed by atoms with Gasteiger partial charge in [-0.3, -0.25) is 9.52 Å². The zero-order valence-corrected chi connectivity index (χ0v) is 19.4. The Morgan fingerprint density at radius 1 is 0.727 bits per heavy atom. The lowest BCUT2D eigenvalue weighted by Gasteiger charge is -2.18. The van der Waals surface area contributed by atoms with Gasteiger partial charge in [-0.05, 0) is 24.3 Å². The minimum Gasteiger partial charge on any atom is -0.497 e. The van der Waals surface area contributed by atoms with E-state index in [2.05, 4.69) is 10.0 Å². The summed E-state index contributed by atoms with van der Waals surface area (Å²) in [6.07, 6.45) is 0. The van der Waals surface area contributed by atoms with Crippen molar-refractivity contribution in [3.05, 3.63) is 66.2 Å². The van der Waals surface area contributed by atoms with Crippen molar-refractivity contribution in [2.75, 3.05) is 38.5 Å². The van der Waals surface area contributed by atoms with E-state index >= 15 is 0 Å². The molecule has 0 spiro atoms. The number of sulfonamides is 1. The first-order chi connectivity index (χ1) is 15.8. The van der Waals surface area contributed by atoms with E-state index in [0.29, 0.717) is 17.0 Å². The molecule has 0 saturated heterocycles. The number of amides is 1. The highest BCUT2D eigenvalue weighted by Gasteiger charge is 2.24. The summed E-state index contributed by atoms with van der Waals surface area (Å²) in [5.74, 6) is 0.533. The van der Waals surface area contributed by atoms with Crippen LogP contribution in [0.25, 0.3) is 0 Å². The maximum absolute atomic E-state index is 13.2. The van der Waals surface area contributed by atoms with Gasteiger partial charge in [0, 0.05) is 23.8 Å². The van der Waals surface area contributed by atoms with Crippen LogP contribution in [0.4, 0.5) is 11.4 Å². The second-order valence-corrected chi connectivity index (χ2v) is 8.35. The maximum Gasteiger partial charge on any atom is 0.265 e. The molecule has 33 heavy (non-hydrogen) atoms. The van der Waals surface area contributed by atoms with Crippen LogP contribution in [0.1, 0.15) is 10.4 Å². The Labute approximate surface area is 192 Å². The first-order valence-corrected chi connectivity index (χ1v) is 11.2. The van der Waals surface area contributed by atoms with Crippen molar-refractivity contribution in [1.82, 2.24) is 0 Å². The van der Waals surface area contributed by atoms with Gasteiger partial charge >= 0.3 is 0 Å². The fourth-order valence-corrected chi connectivity index (χ4v) is 4.30. The van der Waals surface area contributed by atoms with Gasteiger partial charge in [-0.15, -0.1) is 0 Å². The number of anilines is 2. The highest BCUT2D eigenvalue weighted by molar-refractivity contribution is 7.92. The maximum atomic E-state index is 13.2. The van der Waals surface area contributed by atoms with E-state index in [1.54, 1.807) is 36.4 Å². The predicted molar refractivity (Wildman–Crippen MR) is 124 cm³/mol. The topological polar surface area (TPSA) is 112 Å². The van der Waals surface area contributed by atoms with Crippen LogP contribution < -0.4 is 29.0 Å². The highest BCUT2D eigenvalue weighted by Crippen LogP contribution is 2.39. The Balaban J connectivity index is 1.98. The first kappa shape index (κ1) is 23.7. The van der Waals surface area contributed by atoms with Crippen LogP contribution in [-0.2, 0) is 10.0 Å². The van der Waals surface area contributed by atoms with Crippen molar-refractivity contribution in [3.8, 4) is 23.0 Å². The van der Waals surface area contributed by atoms with E-state index < -0.39 is 10.0 Å². The lowest BCUT2D eigenvalue weighted by Crippen LogP contribution is -2.16. The number of carbonyl (C=O) groups excluding carboxylic acids is 1. The van der Waals surface area contributed by atoms with Crippen molar-refractivity contribution in [1.29, 1.82) is 0 Å². The molecule has 0 fully saturated rings. The summed E-state index contributed by atoms with van der Waals surface area (Å²) >= 11 is 0. The molecular weight excluding hydrogens is 448 g/mol. The van der Waals surface area contributed by atoms with Crippen LogP contribution >= 0.6 is 0 Å². The van der Waals surface area contributed by atoms with Gasteiger partial charge in [0.2, 0.25) is 0 Å². The second-order valence-electron chi connectivity index (χ2n) is 6.70. The van der Waals surface area contributed by atoms with Crippen LogP contribution in [0.5, 0.6) is 23.0 Å². The van der Waals surface area contributed by atoms with E-state index in [-0.39, 0.29) is 33.7 Å². The molecule has 0 aromatic heterocycles. The molecule has 10 heteroatoms. The minimum absolute atomic E-state index is 0.108. The standard InChI is InChI=1S/C23H24N2O7S/c1-29-16-10-11-19(30-2)22(12-16)33(27,28)25-18-14-20(31-3)17(13-21(18)32-4)24-23(26)15-8-6-5-7-9-15/h5-14,25H,1-4H3,(H,24,26). The van der Waals surface area contributed by atoms with Crippen molar-refractivity contribution in [3.63, 3.8) is 0 Å². The molecule has 2 N–H and O–H groups in total. The van der Waals surface area contributed by atoms with Crippen molar-refractivity contribution in [2.45, 2.75) is 4.90 Å². The molecule has 1 amide bonds. The molecule has 174 valence electrons. The van der Waals surface area contributed by atoms with Crippen LogP contribution in [0.3, 0.4) is 0 Å². The quantitative estimate of drug-likeness (QED) is 0.487. The van der Waals surface area contributed by atoms with Crippen LogP contribution in [0.2, 0.25) is 0 Å². The summed E-state index contributed by atoms with van der Waals surface area (Å²) in [6.45, 7) is 0. The van der Waals surface area contributed by atoms with Gasteiger partial charge in [0.15, 0.2) is 0 Å². The molecule has 0 aliphatic rings. The summed E-state index contributed by atoms with van der Waals surface area (Å²) in [7, 11) is 1.49. The molecule has 0 aliphatic heterocycles. The first-order valence-electron chi connectivity index (χ1n) is 9.70. The molecule has 3 aromatic carbocycles. The van der Waals surface area contributed by atoms with Gasteiger partial charge in [-0.25, -0.2) is 8.42 Å². The van der Waals surface area contributed by atoms with Gasteiger partial charge in [-0.1, -0.05) is 18.2 Å². The Hall–Kier alpha value is -3.92. The fraction of sp³-hybridized carbons (Fsp3) is 0.174. The average Bonchev–Trinajstić information content (AvgIpc) is 2.84. The summed E-state index contributed by atoms with van der Waals surface area (Å²) < 4.78 is 49.9. The highest BCUT2D eigenvalue weighted by atomic mass is 32.2. The Morgan fingerprint density at radius 3 is 1.94 bits per heavy atom. The van der Waals surface area contributed by atoms with Crippen LogP contribution in [0.15, 0.2) is 65.6 Å². The van der Waals surface area contributed by atoms with Gasteiger partial charge < -0.3 is 24.3 Å². The Morgan fingerprint density at radius 2 is 1.33 bits per heavy atom.